The number of hydrogen-bond donors (Lipinski definition) is 2. The van der Waals surface area contributed by atoms with E-state index in [9.17, 15) is 10.1 Å². The highest BCUT2D eigenvalue weighted by molar-refractivity contribution is 5.52. The molecule has 0 fully saturated rings. The second-order valence-electron chi connectivity index (χ2n) is 4.13. The molecule has 0 aliphatic heterocycles. The van der Waals surface area contributed by atoms with Gasteiger partial charge in [0.1, 0.15) is 0 Å². The van der Waals surface area contributed by atoms with Gasteiger partial charge in [-0.25, -0.2) is 0 Å². The molecule has 1 aromatic rings. The summed E-state index contributed by atoms with van der Waals surface area (Å²) in [6.45, 7) is 2.06. The van der Waals surface area contributed by atoms with E-state index in [1.165, 1.54) is 18.2 Å². The molecule has 0 spiro atoms. The Bertz CT molecular complexity index is 425. The van der Waals surface area contributed by atoms with Crippen LogP contribution >= 0.6 is 0 Å². The maximum absolute atomic E-state index is 10.7. The Kier molecular flexibility index (Phi) is 6.20. The minimum absolute atomic E-state index is 0.0124. The molecular weight excluding hydrogens is 250 g/mol. The number of hydrogen-bond acceptors (Lipinski definition) is 6. The van der Waals surface area contributed by atoms with Crippen LogP contribution in [0.1, 0.15) is 5.56 Å². The molecule has 0 radical (unpaired) electrons. The molecule has 7 nitrogen and oxygen atoms in total. The van der Waals surface area contributed by atoms with Gasteiger partial charge >= 0.3 is 0 Å². The Morgan fingerprint density at radius 2 is 2.21 bits per heavy atom. The summed E-state index contributed by atoms with van der Waals surface area (Å²) < 4.78 is 4.99. The molecule has 0 aliphatic rings. The number of anilines is 1. The van der Waals surface area contributed by atoms with Crippen molar-refractivity contribution in [3.05, 3.63) is 33.9 Å². The molecule has 0 bridgehead atoms. The van der Waals surface area contributed by atoms with Crippen molar-refractivity contribution in [3.63, 3.8) is 0 Å². The molecule has 3 N–H and O–H groups in total. The molecule has 0 unspecified atom stereocenters. The number of nitrogens with zero attached hydrogens (tertiary/aromatic N) is 2. The molecule has 7 heteroatoms. The summed E-state index contributed by atoms with van der Waals surface area (Å²) in [4.78, 5) is 12.2. The number of nitro benzene ring substituents is 1. The lowest BCUT2D eigenvalue weighted by Crippen LogP contribution is -2.30. The van der Waals surface area contributed by atoms with Gasteiger partial charge in [-0.3, -0.25) is 15.0 Å². The van der Waals surface area contributed by atoms with Gasteiger partial charge in [-0.05, 0) is 11.6 Å². The minimum Gasteiger partial charge on any atom is -0.398 e. The minimum atomic E-state index is -0.450. The Hall–Kier alpha value is -1.70. The highest BCUT2D eigenvalue weighted by Crippen LogP contribution is 2.21. The first-order chi connectivity index (χ1) is 9.08. The maximum atomic E-state index is 10.7. The molecule has 1 aromatic carbocycles. The van der Waals surface area contributed by atoms with Crippen LogP contribution < -0.4 is 5.73 Å². The van der Waals surface area contributed by atoms with Crippen LogP contribution in [0.2, 0.25) is 0 Å². The monoisotopic (exact) mass is 269 g/mol. The van der Waals surface area contributed by atoms with Crippen LogP contribution in [0.15, 0.2) is 18.2 Å². The number of aliphatic hydroxyl groups excluding tert-OH is 1. The number of ether oxygens (including phenoxy) is 1. The number of aliphatic hydroxyl groups is 1. The molecule has 0 amide bonds. The summed E-state index contributed by atoms with van der Waals surface area (Å²) in [7, 11) is 1.60. The lowest BCUT2D eigenvalue weighted by Gasteiger charge is -2.21. The number of nitrogens with two attached hydrogens (primary N) is 1. The lowest BCUT2D eigenvalue weighted by molar-refractivity contribution is -0.384. The fourth-order valence-electron chi connectivity index (χ4n) is 1.72. The van der Waals surface area contributed by atoms with E-state index in [2.05, 4.69) is 0 Å². The van der Waals surface area contributed by atoms with Gasteiger partial charge < -0.3 is 15.6 Å². The summed E-state index contributed by atoms with van der Waals surface area (Å²) >= 11 is 0. The fourth-order valence-corrected chi connectivity index (χ4v) is 1.72. The summed E-state index contributed by atoms with van der Waals surface area (Å²) in [5.74, 6) is 0. The number of methoxy groups -OCH3 is 1. The van der Waals surface area contributed by atoms with Crippen LogP contribution in [-0.4, -0.2) is 48.3 Å². The first-order valence-electron chi connectivity index (χ1n) is 5.93. The molecule has 0 atom stereocenters. The van der Waals surface area contributed by atoms with Crippen LogP contribution in [0, 0.1) is 10.1 Å². The topological polar surface area (TPSA) is 102 Å². The SMILES string of the molecule is COCCN(CCO)Cc1cc([N+](=O)[O-])ccc1N. The second kappa shape index (κ2) is 7.67. The maximum Gasteiger partial charge on any atom is 0.269 e. The van der Waals surface area contributed by atoms with E-state index in [1.807, 2.05) is 4.90 Å². The normalized spacial score (nSPS) is 10.9. The first-order valence-corrected chi connectivity index (χ1v) is 5.93. The summed E-state index contributed by atoms with van der Waals surface area (Å²) in [5.41, 5.74) is 7.02. The number of nitrogen functional groups attached to an aromatic ring is 1. The molecule has 19 heavy (non-hydrogen) atoms. The van der Waals surface area contributed by atoms with E-state index in [4.69, 9.17) is 15.6 Å². The molecule has 0 saturated carbocycles. The van der Waals surface area contributed by atoms with E-state index in [0.717, 1.165) is 0 Å². The highest BCUT2D eigenvalue weighted by Gasteiger charge is 2.12. The van der Waals surface area contributed by atoms with E-state index < -0.39 is 4.92 Å². The molecule has 0 heterocycles. The quantitative estimate of drug-likeness (QED) is 0.407. The highest BCUT2D eigenvalue weighted by atomic mass is 16.6. The zero-order valence-corrected chi connectivity index (χ0v) is 10.9. The summed E-state index contributed by atoms with van der Waals surface area (Å²) in [6.07, 6.45) is 0. The molecule has 0 aromatic heterocycles. The Morgan fingerprint density at radius 1 is 1.47 bits per heavy atom. The number of non-ortho nitro benzene ring substituents is 1. The number of benzene rings is 1. The predicted molar refractivity (Wildman–Crippen MR) is 71.7 cm³/mol. The predicted octanol–water partition coefficient (Wildman–Crippen LogP) is 0.618. The Morgan fingerprint density at radius 3 is 2.79 bits per heavy atom. The van der Waals surface area contributed by atoms with Crippen molar-refractivity contribution < 1.29 is 14.8 Å². The van der Waals surface area contributed by atoms with Gasteiger partial charge in [0.2, 0.25) is 0 Å². The molecule has 0 aliphatic carbocycles. The summed E-state index contributed by atoms with van der Waals surface area (Å²) in [5, 5.41) is 19.7. The van der Waals surface area contributed by atoms with Gasteiger partial charge in [-0.2, -0.15) is 0 Å². The number of nitro groups is 1. The van der Waals surface area contributed by atoms with Crippen molar-refractivity contribution in [3.8, 4) is 0 Å². The van der Waals surface area contributed by atoms with Crippen LogP contribution in [0.5, 0.6) is 0 Å². The van der Waals surface area contributed by atoms with Crippen molar-refractivity contribution >= 4 is 11.4 Å². The van der Waals surface area contributed by atoms with Gasteiger partial charge in [-0.1, -0.05) is 0 Å². The van der Waals surface area contributed by atoms with Gasteiger partial charge in [-0.15, -0.1) is 0 Å². The third-order valence-electron chi connectivity index (χ3n) is 2.76. The van der Waals surface area contributed by atoms with E-state index in [0.29, 0.717) is 37.5 Å². The van der Waals surface area contributed by atoms with Gasteiger partial charge in [0.05, 0.1) is 18.1 Å². The standard InChI is InChI=1S/C12H19N3O4/c1-19-7-5-14(4-6-16)9-10-8-11(15(17)18)2-3-12(10)13/h2-3,8,16H,4-7,9,13H2,1H3. The van der Waals surface area contributed by atoms with Gasteiger partial charge in [0.25, 0.3) is 5.69 Å². The number of rotatable bonds is 8. The average molecular weight is 269 g/mol. The van der Waals surface area contributed by atoms with Crippen LogP contribution in [0.4, 0.5) is 11.4 Å². The lowest BCUT2D eigenvalue weighted by atomic mass is 10.1. The van der Waals surface area contributed by atoms with Crippen LogP contribution in [0.3, 0.4) is 0 Å². The Balaban J connectivity index is 2.81. The van der Waals surface area contributed by atoms with E-state index in [1.54, 1.807) is 7.11 Å². The zero-order chi connectivity index (χ0) is 14.3. The van der Waals surface area contributed by atoms with Crippen LogP contribution in [0.25, 0.3) is 0 Å². The van der Waals surface area contributed by atoms with Crippen LogP contribution in [-0.2, 0) is 11.3 Å². The molecule has 106 valence electrons. The second-order valence-corrected chi connectivity index (χ2v) is 4.13. The molecule has 0 saturated heterocycles. The van der Waals surface area contributed by atoms with Crippen molar-refractivity contribution in [1.29, 1.82) is 0 Å². The van der Waals surface area contributed by atoms with Crippen molar-refractivity contribution in [2.24, 2.45) is 0 Å². The zero-order valence-electron chi connectivity index (χ0n) is 10.9. The average Bonchev–Trinajstić information content (AvgIpc) is 2.38. The van der Waals surface area contributed by atoms with Crippen molar-refractivity contribution in [2.45, 2.75) is 6.54 Å². The van der Waals surface area contributed by atoms with Gasteiger partial charge in [0, 0.05) is 44.6 Å². The van der Waals surface area contributed by atoms with E-state index in [-0.39, 0.29) is 12.3 Å². The third kappa shape index (κ3) is 4.82. The van der Waals surface area contributed by atoms with E-state index >= 15 is 0 Å². The smallest absolute Gasteiger partial charge is 0.269 e. The summed E-state index contributed by atoms with van der Waals surface area (Å²) in [6, 6.07) is 4.37. The third-order valence-corrected chi connectivity index (χ3v) is 2.76. The fraction of sp³-hybridized carbons (Fsp3) is 0.500. The largest absolute Gasteiger partial charge is 0.398 e. The molecular formula is C12H19N3O4. The van der Waals surface area contributed by atoms with Gasteiger partial charge in [0.15, 0.2) is 0 Å². The van der Waals surface area contributed by atoms with Crippen molar-refractivity contribution in [1.82, 2.24) is 4.90 Å². The Labute approximate surface area is 111 Å². The molecule has 1 rings (SSSR count). The van der Waals surface area contributed by atoms with Crippen molar-refractivity contribution in [2.75, 3.05) is 39.1 Å². The first kappa shape index (κ1) is 15.4.